The lowest BCUT2D eigenvalue weighted by atomic mass is 10.1. The molecule has 1 aromatic carbocycles. The summed E-state index contributed by atoms with van der Waals surface area (Å²) in [5, 5.41) is 20.8. The lowest BCUT2D eigenvalue weighted by Gasteiger charge is -2.22. The molecule has 0 saturated heterocycles. The maximum Gasteiger partial charge on any atom is 0.323 e. The van der Waals surface area contributed by atoms with Crippen molar-refractivity contribution >= 4 is 28.2 Å². The van der Waals surface area contributed by atoms with Crippen molar-refractivity contribution in [1.29, 1.82) is 0 Å². The van der Waals surface area contributed by atoms with Gasteiger partial charge in [-0.15, -0.1) is 6.58 Å². The van der Waals surface area contributed by atoms with Crippen LogP contribution in [-0.4, -0.2) is 34.1 Å². The fraction of sp³-hybridized carbons (Fsp3) is 0.143. The molecule has 21 heavy (non-hydrogen) atoms. The van der Waals surface area contributed by atoms with Gasteiger partial charge in [-0.3, -0.25) is 14.9 Å². The van der Waals surface area contributed by atoms with E-state index in [0.29, 0.717) is 10.9 Å². The van der Waals surface area contributed by atoms with Crippen molar-refractivity contribution in [2.45, 2.75) is 0 Å². The quantitative estimate of drug-likeness (QED) is 0.497. The van der Waals surface area contributed by atoms with E-state index in [9.17, 15) is 14.9 Å². The van der Waals surface area contributed by atoms with Crippen molar-refractivity contribution in [1.82, 2.24) is 4.98 Å². The normalized spacial score (nSPS) is 10.3. The zero-order valence-corrected chi connectivity index (χ0v) is 11.1. The van der Waals surface area contributed by atoms with Gasteiger partial charge in [-0.25, -0.2) is 4.98 Å². The Bertz CT molecular complexity index is 714. The standard InChI is InChI=1S/C14H13N3O4/c1-2-7-16(9-13(18)19)14-10-5-3-4-6-11(10)15-8-12(14)17(20)21/h2-6,8H,1,7,9H2,(H,18,19). The van der Waals surface area contributed by atoms with Crippen molar-refractivity contribution in [3.05, 3.63) is 53.2 Å². The number of nitrogens with zero attached hydrogens (tertiary/aromatic N) is 3. The number of nitro groups is 1. The van der Waals surface area contributed by atoms with Crippen molar-refractivity contribution < 1.29 is 14.8 Å². The Hall–Kier alpha value is -2.96. The second-order valence-corrected chi connectivity index (χ2v) is 4.33. The van der Waals surface area contributed by atoms with Crippen LogP contribution in [0.15, 0.2) is 43.1 Å². The molecule has 0 aliphatic rings. The van der Waals surface area contributed by atoms with Gasteiger partial charge < -0.3 is 10.0 Å². The fourth-order valence-electron chi connectivity index (χ4n) is 2.14. The molecule has 0 fully saturated rings. The third-order valence-corrected chi connectivity index (χ3v) is 2.92. The summed E-state index contributed by atoms with van der Waals surface area (Å²) < 4.78 is 0. The van der Waals surface area contributed by atoms with Crippen LogP contribution in [0.25, 0.3) is 10.9 Å². The molecule has 0 saturated carbocycles. The Kier molecular flexibility index (Phi) is 4.13. The van der Waals surface area contributed by atoms with Crippen LogP contribution >= 0.6 is 0 Å². The maximum absolute atomic E-state index is 11.2. The van der Waals surface area contributed by atoms with Crippen LogP contribution < -0.4 is 4.90 Å². The minimum absolute atomic E-state index is 0.182. The predicted octanol–water partition coefficient (Wildman–Crippen LogP) is 2.22. The number of hydrogen-bond donors (Lipinski definition) is 1. The van der Waals surface area contributed by atoms with Crippen LogP contribution in [0.5, 0.6) is 0 Å². The number of anilines is 1. The number of para-hydroxylation sites is 1. The molecular formula is C14H13N3O4. The highest BCUT2D eigenvalue weighted by Crippen LogP contribution is 2.34. The molecule has 1 N–H and O–H groups in total. The summed E-state index contributed by atoms with van der Waals surface area (Å²) in [5.74, 6) is -1.08. The molecule has 0 amide bonds. The number of benzene rings is 1. The minimum atomic E-state index is -1.08. The average molecular weight is 287 g/mol. The first-order valence-electron chi connectivity index (χ1n) is 6.14. The monoisotopic (exact) mass is 287 g/mol. The Balaban J connectivity index is 2.71. The minimum Gasteiger partial charge on any atom is -0.480 e. The first-order chi connectivity index (χ1) is 10.0. The topological polar surface area (TPSA) is 96.6 Å². The first kappa shape index (κ1) is 14.4. The van der Waals surface area contributed by atoms with Gasteiger partial charge in [-0.05, 0) is 6.07 Å². The van der Waals surface area contributed by atoms with Gasteiger partial charge in [0.2, 0.25) is 0 Å². The largest absolute Gasteiger partial charge is 0.480 e. The second kappa shape index (κ2) is 6.00. The van der Waals surface area contributed by atoms with E-state index in [1.54, 1.807) is 24.3 Å². The summed E-state index contributed by atoms with van der Waals surface area (Å²) >= 11 is 0. The molecule has 0 unspecified atom stereocenters. The number of carbonyl (C=O) groups is 1. The SMILES string of the molecule is C=CCN(CC(=O)O)c1c([N+](=O)[O-])cnc2ccccc12. The maximum atomic E-state index is 11.2. The summed E-state index contributed by atoms with van der Waals surface area (Å²) in [7, 11) is 0. The molecule has 1 aromatic heterocycles. The number of aliphatic carboxylic acids is 1. The van der Waals surface area contributed by atoms with Crippen LogP contribution in [0.2, 0.25) is 0 Å². The molecule has 7 nitrogen and oxygen atoms in total. The number of carboxylic acid groups (broad SMARTS) is 1. The van der Waals surface area contributed by atoms with E-state index in [2.05, 4.69) is 11.6 Å². The molecule has 2 rings (SSSR count). The smallest absolute Gasteiger partial charge is 0.323 e. The summed E-state index contributed by atoms with van der Waals surface area (Å²) in [6.45, 7) is 3.39. The van der Waals surface area contributed by atoms with Crippen molar-refractivity contribution in [2.24, 2.45) is 0 Å². The highest BCUT2D eigenvalue weighted by Gasteiger charge is 2.24. The Morgan fingerprint density at radius 2 is 2.19 bits per heavy atom. The molecule has 0 spiro atoms. The van der Waals surface area contributed by atoms with Gasteiger partial charge in [0.25, 0.3) is 0 Å². The van der Waals surface area contributed by atoms with Gasteiger partial charge in [0.15, 0.2) is 0 Å². The molecule has 2 aromatic rings. The van der Waals surface area contributed by atoms with Gasteiger partial charge in [0.1, 0.15) is 18.4 Å². The van der Waals surface area contributed by atoms with E-state index in [-0.39, 0.29) is 24.5 Å². The predicted molar refractivity (Wildman–Crippen MR) is 78.4 cm³/mol. The molecule has 0 aliphatic heterocycles. The third-order valence-electron chi connectivity index (χ3n) is 2.92. The van der Waals surface area contributed by atoms with E-state index in [1.165, 1.54) is 11.0 Å². The Morgan fingerprint density at radius 1 is 1.48 bits per heavy atom. The molecular weight excluding hydrogens is 274 g/mol. The summed E-state index contributed by atoms with van der Waals surface area (Å²) in [4.78, 5) is 27.1. The van der Waals surface area contributed by atoms with Gasteiger partial charge in [0, 0.05) is 11.9 Å². The lowest BCUT2D eigenvalue weighted by molar-refractivity contribution is -0.384. The van der Waals surface area contributed by atoms with Gasteiger partial charge in [-0.2, -0.15) is 0 Å². The second-order valence-electron chi connectivity index (χ2n) is 4.33. The van der Waals surface area contributed by atoms with Crippen molar-refractivity contribution in [3.8, 4) is 0 Å². The molecule has 1 heterocycles. The number of pyridine rings is 1. The van der Waals surface area contributed by atoms with E-state index in [0.717, 1.165) is 6.20 Å². The summed E-state index contributed by atoms with van der Waals surface area (Å²) in [5.41, 5.74) is 0.585. The zero-order chi connectivity index (χ0) is 15.4. The summed E-state index contributed by atoms with van der Waals surface area (Å²) in [6, 6.07) is 6.89. The number of hydrogen-bond acceptors (Lipinski definition) is 5. The fourth-order valence-corrected chi connectivity index (χ4v) is 2.14. The first-order valence-corrected chi connectivity index (χ1v) is 6.14. The van der Waals surface area contributed by atoms with Crippen LogP contribution in [0.1, 0.15) is 0 Å². The highest BCUT2D eigenvalue weighted by atomic mass is 16.6. The molecule has 0 aliphatic carbocycles. The van der Waals surface area contributed by atoms with Crippen molar-refractivity contribution in [3.63, 3.8) is 0 Å². The lowest BCUT2D eigenvalue weighted by Crippen LogP contribution is -2.30. The van der Waals surface area contributed by atoms with Crippen LogP contribution in [0.4, 0.5) is 11.4 Å². The van der Waals surface area contributed by atoms with E-state index < -0.39 is 10.9 Å². The van der Waals surface area contributed by atoms with Gasteiger partial charge in [0.05, 0.1) is 10.4 Å². The van der Waals surface area contributed by atoms with Crippen LogP contribution in [0, 0.1) is 10.1 Å². The molecule has 108 valence electrons. The number of rotatable bonds is 6. The number of aromatic nitrogens is 1. The Morgan fingerprint density at radius 3 is 2.81 bits per heavy atom. The van der Waals surface area contributed by atoms with Crippen LogP contribution in [0.3, 0.4) is 0 Å². The van der Waals surface area contributed by atoms with E-state index in [4.69, 9.17) is 5.11 Å². The number of fused-ring (bicyclic) bond motifs is 1. The van der Waals surface area contributed by atoms with E-state index >= 15 is 0 Å². The van der Waals surface area contributed by atoms with E-state index in [1.807, 2.05) is 0 Å². The molecule has 0 bridgehead atoms. The van der Waals surface area contributed by atoms with Gasteiger partial charge in [-0.1, -0.05) is 24.3 Å². The van der Waals surface area contributed by atoms with Crippen molar-refractivity contribution in [2.75, 3.05) is 18.0 Å². The van der Waals surface area contributed by atoms with Gasteiger partial charge >= 0.3 is 11.7 Å². The number of carboxylic acids is 1. The summed E-state index contributed by atoms with van der Waals surface area (Å²) in [6.07, 6.45) is 2.65. The molecule has 7 heteroatoms. The zero-order valence-electron chi connectivity index (χ0n) is 11.1. The molecule has 0 atom stereocenters. The average Bonchev–Trinajstić information content (AvgIpc) is 2.45. The molecule has 0 radical (unpaired) electrons. The highest BCUT2D eigenvalue weighted by molar-refractivity contribution is 5.97. The van der Waals surface area contributed by atoms with Crippen LogP contribution in [-0.2, 0) is 4.79 Å². The Labute approximate surface area is 120 Å². The third kappa shape index (κ3) is 2.97.